The van der Waals surface area contributed by atoms with Gasteiger partial charge >= 0.3 is 0 Å². The Bertz CT molecular complexity index is 1380. The van der Waals surface area contributed by atoms with Crippen molar-refractivity contribution in [3.63, 3.8) is 0 Å². The molecule has 1 unspecified atom stereocenters. The van der Waals surface area contributed by atoms with Crippen LogP contribution in [0.3, 0.4) is 0 Å². The highest BCUT2D eigenvalue weighted by molar-refractivity contribution is 5.98. The smallest absolute Gasteiger partial charge is 0.219 e. The summed E-state index contributed by atoms with van der Waals surface area (Å²) < 4.78 is 7.68. The highest BCUT2D eigenvalue weighted by Gasteiger charge is 2.28. The molecule has 36 heavy (non-hydrogen) atoms. The second-order valence-corrected chi connectivity index (χ2v) is 8.51. The number of hydrogen-bond acceptors (Lipinski definition) is 9. The molecule has 0 amide bonds. The average Bonchev–Trinajstić information content (AvgIpc) is 3.31. The summed E-state index contributed by atoms with van der Waals surface area (Å²) in [5.41, 5.74) is 8.32. The molecular weight excluding hydrogens is 458 g/mol. The fraction of sp³-hybridized carbons (Fsp3) is 0.308. The zero-order valence-corrected chi connectivity index (χ0v) is 19.7. The van der Waals surface area contributed by atoms with E-state index in [2.05, 4.69) is 26.8 Å². The molecule has 0 saturated carbocycles. The first-order chi connectivity index (χ1) is 17.6. The van der Waals surface area contributed by atoms with Crippen molar-refractivity contribution in [1.82, 2.24) is 29.6 Å². The van der Waals surface area contributed by atoms with E-state index in [4.69, 9.17) is 20.7 Å². The van der Waals surface area contributed by atoms with Gasteiger partial charge in [0.1, 0.15) is 23.6 Å². The van der Waals surface area contributed by atoms with Crippen LogP contribution < -0.4 is 10.5 Å². The van der Waals surface area contributed by atoms with Crippen LogP contribution in [0.25, 0.3) is 22.3 Å². The number of pyridine rings is 1. The molecule has 5 rings (SSSR count). The number of benzene rings is 1. The first kappa shape index (κ1) is 23.7. The number of aliphatic hydroxyl groups excluding tert-OH is 2. The van der Waals surface area contributed by atoms with Gasteiger partial charge in [-0.05, 0) is 31.0 Å². The van der Waals surface area contributed by atoms with Gasteiger partial charge in [0.15, 0.2) is 11.9 Å². The van der Waals surface area contributed by atoms with Crippen LogP contribution in [0.1, 0.15) is 25.3 Å². The van der Waals surface area contributed by atoms with Crippen molar-refractivity contribution < 1.29 is 14.9 Å². The summed E-state index contributed by atoms with van der Waals surface area (Å²) >= 11 is 0. The molecule has 2 atom stereocenters. The van der Waals surface area contributed by atoms with E-state index in [1.807, 2.05) is 46.0 Å². The monoisotopic (exact) mass is 485 g/mol. The number of anilines is 1. The van der Waals surface area contributed by atoms with Crippen molar-refractivity contribution >= 4 is 16.9 Å². The van der Waals surface area contributed by atoms with Gasteiger partial charge < -0.3 is 20.7 Å². The molecule has 0 spiro atoms. The number of ether oxygens (including phenoxy) is 1. The van der Waals surface area contributed by atoms with E-state index in [0.29, 0.717) is 47.1 Å². The number of hydrogen-bond donors (Lipinski definition) is 3. The number of aliphatic hydroxyl groups is 2. The molecule has 0 bridgehead atoms. The van der Waals surface area contributed by atoms with Crippen molar-refractivity contribution in [2.24, 2.45) is 0 Å². The minimum Gasteiger partial charge on any atom is -0.439 e. The lowest BCUT2D eigenvalue weighted by molar-refractivity contribution is 0.0188. The molecule has 1 aliphatic rings. The van der Waals surface area contributed by atoms with Crippen molar-refractivity contribution in [3.05, 3.63) is 55.0 Å². The van der Waals surface area contributed by atoms with Crippen LogP contribution in [0.4, 0.5) is 5.82 Å². The fourth-order valence-electron chi connectivity index (χ4n) is 4.36. The molecule has 0 radical (unpaired) electrons. The first-order valence-electron chi connectivity index (χ1n) is 11.8. The van der Waals surface area contributed by atoms with Gasteiger partial charge in [0, 0.05) is 37.3 Å². The van der Waals surface area contributed by atoms with E-state index in [9.17, 15) is 5.11 Å². The van der Waals surface area contributed by atoms with Crippen LogP contribution in [0, 0.1) is 11.8 Å². The molecule has 1 fully saturated rings. The lowest BCUT2D eigenvalue weighted by atomic mass is 10.1. The Balaban J connectivity index is 1.44. The topological polar surface area (TPSA) is 135 Å². The summed E-state index contributed by atoms with van der Waals surface area (Å²) in [7, 11) is 0. The van der Waals surface area contributed by atoms with Crippen LogP contribution in [0.2, 0.25) is 0 Å². The summed E-state index contributed by atoms with van der Waals surface area (Å²) in [5.74, 6) is 7.12. The Labute approximate surface area is 208 Å². The molecule has 4 N–H and O–H groups in total. The van der Waals surface area contributed by atoms with E-state index < -0.39 is 6.23 Å². The van der Waals surface area contributed by atoms with Gasteiger partial charge in [0.25, 0.3) is 0 Å². The van der Waals surface area contributed by atoms with E-state index in [1.165, 1.54) is 6.33 Å². The largest absolute Gasteiger partial charge is 0.439 e. The molecule has 4 heterocycles. The third-order valence-electron chi connectivity index (χ3n) is 6.08. The second kappa shape index (κ2) is 10.7. The lowest BCUT2D eigenvalue weighted by Crippen LogP contribution is -2.43. The summed E-state index contributed by atoms with van der Waals surface area (Å²) in [4.78, 5) is 15.0. The first-order valence-corrected chi connectivity index (χ1v) is 11.8. The average molecular weight is 486 g/mol. The highest BCUT2D eigenvalue weighted by atomic mass is 16.5. The predicted octanol–water partition coefficient (Wildman–Crippen LogP) is 2.60. The molecule has 0 aliphatic carbocycles. The number of aromatic nitrogens is 5. The Morgan fingerprint density at radius 3 is 2.78 bits per heavy atom. The zero-order chi connectivity index (χ0) is 24.9. The number of fused-ring (bicyclic) bond motifs is 1. The van der Waals surface area contributed by atoms with Crippen LogP contribution in [-0.4, -0.2) is 65.8 Å². The number of likely N-dealkylation sites (tertiary alicyclic amines) is 1. The van der Waals surface area contributed by atoms with Crippen molar-refractivity contribution in [3.8, 4) is 34.7 Å². The quantitative estimate of drug-likeness (QED) is 0.352. The maximum Gasteiger partial charge on any atom is 0.219 e. The third kappa shape index (κ3) is 4.99. The number of nitrogen functional groups attached to an aromatic ring is 1. The molecule has 1 saturated heterocycles. The third-order valence-corrected chi connectivity index (χ3v) is 6.08. The van der Waals surface area contributed by atoms with Gasteiger partial charge in [-0.25, -0.2) is 19.6 Å². The number of nitrogens with zero attached hydrogens (tertiary/aromatic N) is 6. The maximum absolute atomic E-state index is 10.5. The van der Waals surface area contributed by atoms with Gasteiger partial charge in [-0.15, -0.1) is 0 Å². The van der Waals surface area contributed by atoms with E-state index in [-0.39, 0.29) is 12.6 Å². The minimum absolute atomic E-state index is 0.0280. The van der Waals surface area contributed by atoms with Crippen LogP contribution in [0.15, 0.2) is 55.0 Å². The normalized spacial score (nSPS) is 16.9. The van der Waals surface area contributed by atoms with Gasteiger partial charge in [-0.3, -0.25) is 4.90 Å². The molecule has 1 aromatic carbocycles. The Hall–Kier alpha value is -4.04. The summed E-state index contributed by atoms with van der Waals surface area (Å²) in [6.45, 7) is 1.25. The van der Waals surface area contributed by atoms with Crippen LogP contribution in [0.5, 0.6) is 11.6 Å². The number of piperidine rings is 1. The Morgan fingerprint density at radius 2 is 2.00 bits per heavy atom. The van der Waals surface area contributed by atoms with Gasteiger partial charge in [0.05, 0.1) is 18.0 Å². The molecular formula is C26H27N7O3. The highest BCUT2D eigenvalue weighted by Crippen LogP contribution is 2.34. The maximum atomic E-state index is 10.5. The van der Waals surface area contributed by atoms with Crippen molar-refractivity contribution in [1.29, 1.82) is 0 Å². The fourth-order valence-corrected chi connectivity index (χ4v) is 4.36. The van der Waals surface area contributed by atoms with Gasteiger partial charge in [-0.2, -0.15) is 5.10 Å². The predicted molar refractivity (Wildman–Crippen MR) is 135 cm³/mol. The van der Waals surface area contributed by atoms with E-state index in [0.717, 1.165) is 24.9 Å². The number of rotatable bonds is 6. The van der Waals surface area contributed by atoms with Crippen molar-refractivity contribution in [2.75, 3.05) is 25.4 Å². The van der Waals surface area contributed by atoms with Gasteiger partial charge in [-0.1, -0.05) is 30.0 Å². The van der Waals surface area contributed by atoms with Crippen molar-refractivity contribution in [2.45, 2.75) is 31.5 Å². The standard InChI is InChI=1S/C26H27N7O3/c27-25-23-24(18-11-12-21(28-15-18)36-20-8-2-1-3-9-20)31-33(26(23)30-17-29-25)19-7-6-13-32(16-19)22(35)10-4-5-14-34/h1-3,8-9,11-12,15,17,19,22,34-35H,5-7,13-14,16H2,(H2,27,29,30)/t19-,22?/m1/s1. The summed E-state index contributed by atoms with van der Waals surface area (Å²) in [6.07, 6.45) is 4.31. The van der Waals surface area contributed by atoms with E-state index >= 15 is 0 Å². The molecule has 1 aliphatic heterocycles. The second-order valence-electron chi connectivity index (χ2n) is 8.51. The molecule has 184 valence electrons. The summed E-state index contributed by atoms with van der Waals surface area (Å²) in [6, 6.07) is 13.1. The Kier molecular flexibility index (Phi) is 7.04. The molecule has 4 aromatic rings. The number of para-hydroxylation sites is 1. The summed E-state index contributed by atoms with van der Waals surface area (Å²) in [5, 5.41) is 25.0. The van der Waals surface area contributed by atoms with E-state index in [1.54, 1.807) is 12.3 Å². The number of nitrogens with two attached hydrogens (primary N) is 1. The Morgan fingerprint density at radius 1 is 1.14 bits per heavy atom. The van der Waals surface area contributed by atoms with Gasteiger partial charge in [0.2, 0.25) is 5.88 Å². The molecule has 10 nitrogen and oxygen atoms in total. The molecule has 3 aromatic heterocycles. The van der Waals surface area contributed by atoms with Crippen LogP contribution in [-0.2, 0) is 0 Å². The van der Waals surface area contributed by atoms with Crippen LogP contribution >= 0.6 is 0 Å². The SMILES string of the molecule is Nc1ncnc2c1c(-c1ccc(Oc3ccccc3)nc1)nn2[C@@H]1CCCN(C(O)C#CCCO)C1. The lowest BCUT2D eigenvalue weighted by Gasteiger charge is -2.34. The zero-order valence-electron chi connectivity index (χ0n) is 19.7. The minimum atomic E-state index is -0.901. The molecule has 10 heteroatoms.